The first-order valence-corrected chi connectivity index (χ1v) is 10.6. The highest BCUT2D eigenvalue weighted by Gasteiger charge is 2.32. The molecule has 1 aromatic carbocycles. The zero-order valence-electron chi connectivity index (χ0n) is 15.7. The molecule has 2 amide bonds. The lowest BCUT2D eigenvalue weighted by Gasteiger charge is -2.25. The zero-order chi connectivity index (χ0) is 21.5. The van der Waals surface area contributed by atoms with Gasteiger partial charge in [0, 0.05) is 30.3 Å². The molecular weight excluding hydrogens is 441 g/mol. The van der Waals surface area contributed by atoms with E-state index in [1.165, 1.54) is 11.3 Å². The van der Waals surface area contributed by atoms with Gasteiger partial charge in [-0.15, -0.1) is 11.3 Å². The summed E-state index contributed by atoms with van der Waals surface area (Å²) >= 11 is 7.32. The standard InChI is InChI=1S/C19H18ClF3N4O2S/c20-12-4-3-11(19(21,22)23)7-14(12)24-16(28)9-27-6-5-13-15(8-27)30-18(25-13)26-17(29)10-1-2-10/h3-4,7,10H,1-2,5-6,8-9H2,(H,24,28)(H,25,26,29). The molecule has 0 spiro atoms. The van der Waals surface area contributed by atoms with E-state index in [2.05, 4.69) is 15.6 Å². The number of benzene rings is 1. The van der Waals surface area contributed by atoms with Gasteiger partial charge in [0.25, 0.3) is 0 Å². The smallest absolute Gasteiger partial charge is 0.324 e. The molecule has 1 aliphatic heterocycles. The number of amides is 2. The highest BCUT2D eigenvalue weighted by atomic mass is 35.5. The van der Waals surface area contributed by atoms with Crippen molar-refractivity contribution in [2.45, 2.75) is 32.0 Å². The van der Waals surface area contributed by atoms with Crippen molar-refractivity contribution >= 4 is 45.6 Å². The topological polar surface area (TPSA) is 74.3 Å². The van der Waals surface area contributed by atoms with Crippen molar-refractivity contribution in [2.75, 3.05) is 23.7 Å². The van der Waals surface area contributed by atoms with Gasteiger partial charge in [-0.25, -0.2) is 4.98 Å². The molecule has 30 heavy (non-hydrogen) atoms. The van der Waals surface area contributed by atoms with Gasteiger partial charge >= 0.3 is 6.18 Å². The average molecular weight is 459 g/mol. The van der Waals surface area contributed by atoms with E-state index in [0.29, 0.717) is 24.6 Å². The number of thiazole rings is 1. The van der Waals surface area contributed by atoms with Crippen LogP contribution in [0.2, 0.25) is 5.02 Å². The summed E-state index contributed by atoms with van der Waals surface area (Å²) in [5, 5.41) is 5.91. The van der Waals surface area contributed by atoms with Crippen LogP contribution in [0.1, 0.15) is 29.0 Å². The number of nitrogens with zero attached hydrogens (tertiary/aromatic N) is 2. The second-order valence-corrected chi connectivity index (χ2v) is 8.84. The van der Waals surface area contributed by atoms with E-state index in [1.54, 1.807) is 0 Å². The molecule has 2 N–H and O–H groups in total. The number of carbonyl (C=O) groups excluding carboxylic acids is 2. The van der Waals surface area contributed by atoms with Crippen molar-refractivity contribution in [3.63, 3.8) is 0 Å². The summed E-state index contributed by atoms with van der Waals surface area (Å²) < 4.78 is 38.7. The van der Waals surface area contributed by atoms with Gasteiger partial charge in [-0.05, 0) is 31.0 Å². The van der Waals surface area contributed by atoms with Gasteiger partial charge in [0.2, 0.25) is 11.8 Å². The Labute approximate surface area is 179 Å². The minimum atomic E-state index is -4.52. The average Bonchev–Trinajstić information content (AvgIpc) is 3.43. The van der Waals surface area contributed by atoms with E-state index in [0.717, 1.165) is 41.6 Å². The Balaban J connectivity index is 1.36. The summed E-state index contributed by atoms with van der Waals surface area (Å²) in [6, 6.07) is 2.81. The van der Waals surface area contributed by atoms with Gasteiger partial charge in [-0.2, -0.15) is 13.2 Å². The van der Waals surface area contributed by atoms with Crippen LogP contribution in [0.5, 0.6) is 0 Å². The van der Waals surface area contributed by atoms with Crippen LogP contribution in [0.15, 0.2) is 18.2 Å². The fourth-order valence-corrected chi connectivity index (χ4v) is 4.40. The Morgan fingerprint density at radius 2 is 2.03 bits per heavy atom. The first-order valence-electron chi connectivity index (χ1n) is 9.37. The van der Waals surface area contributed by atoms with Crippen molar-refractivity contribution in [1.82, 2.24) is 9.88 Å². The van der Waals surface area contributed by atoms with E-state index in [1.807, 2.05) is 4.90 Å². The van der Waals surface area contributed by atoms with Gasteiger partial charge in [0.1, 0.15) is 0 Å². The predicted molar refractivity (Wildman–Crippen MR) is 108 cm³/mol. The van der Waals surface area contributed by atoms with Crippen LogP contribution in [0.3, 0.4) is 0 Å². The SMILES string of the molecule is O=C(CN1CCc2nc(NC(=O)C3CC3)sc2C1)Nc1cc(C(F)(F)F)ccc1Cl. The molecule has 2 aromatic rings. The molecule has 1 saturated carbocycles. The number of hydrogen-bond acceptors (Lipinski definition) is 5. The molecule has 11 heteroatoms. The first-order chi connectivity index (χ1) is 14.2. The Kier molecular flexibility index (Phi) is 5.73. The molecule has 1 aromatic heterocycles. The van der Waals surface area contributed by atoms with E-state index in [4.69, 9.17) is 11.6 Å². The normalized spacial score (nSPS) is 16.8. The molecule has 2 aliphatic rings. The molecule has 1 aliphatic carbocycles. The molecule has 4 rings (SSSR count). The number of halogens is 4. The van der Waals surface area contributed by atoms with Crippen molar-refractivity contribution in [3.05, 3.63) is 39.4 Å². The molecule has 0 saturated heterocycles. The van der Waals surface area contributed by atoms with Crippen LogP contribution < -0.4 is 10.6 Å². The maximum absolute atomic E-state index is 12.9. The fraction of sp³-hybridized carbons (Fsp3) is 0.421. The van der Waals surface area contributed by atoms with Gasteiger partial charge in [-0.3, -0.25) is 14.5 Å². The summed E-state index contributed by atoms with van der Waals surface area (Å²) in [6.07, 6.45) is -2.07. The largest absolute Gasteiger partial charge is 0.416 e. The van der Waals surface area contributed by atoms with E-state index in [9.17, 15) is 22.8 Å². The first kappa shape index (κ1) is 21.1. The molecule has 2 heterocycles. The molecule has 0 bridgehead atoms. The quantitative estimate of drug-likeness (QED) is 0.705. The number of rotatable bonds is 5. The number of anilines is 2. The maximum Gasteiger partial charge on any atom is 0.416 e. The molecule has 0 radical (unpaired) electrons. The highest BCUT2D eigenvalue weighted by Crippen LogP contribution is 2.34. The summed E-state index contributed by atoms with van der Waals surface area (Å²) in [5.41, 5.74) is -0.0454. The van der Waals surface area contributed by atoms with Crippen molar-refractivity contribution in [3.8, 4) is 0 Å². The monoisotopic (exact) mass is 458 g/mol. The van der Waals surface area contributed by atoms with Crippen molar-refractivity contribution in [1.29, 1.82) is 0 Å². The number of aromatic nitrogens is 1. The number of alkyl halides is 3. The highest BCUT2D eigenvalue weighted by molar-refractivity contribution is 7.15. The maximum atomic E-state index is 12.9. The number of hydrogen-bond donors (Lipinski definition) is 2. The summed E-state index contributed by atoms with van der Waals surface area (Å²) in [6.45, 7) is 1.07. The van der Waals surface area contributed by atoms with Gasteiger partial charge < -0.3 is 10.6 Å². The molecular formula is C19H18ClF3N4O2S. The van der Waals surface area contributed by atoms with E-state index in [-0.39, 0.29) is 29.1 Å². The molecule has 1 fully saturated rings. The van der Waals surface area contributed by atoms with Gasteiger partial charge in [0.05, 0.1) is 28.5 Å². The summed E-state index contributed by atoms with van der Waals surface area (Å²) in [7, 11) is 0. The lowest BCUT2D eigenvalue weighted by Crippen LogP contribution is -2.36. The molecule has 0 atom stereocenters. The van der Waals surface area contributed by atoms with Crippen LogP contribution in [0.4, 0.5) is 24.0 Å². The summed E-state index contributed by atoms with van der Waals surface area (Å²) in [4.78, 5) is 31.6. The van der Waals surface area contributed by atoms with Crippen molar-refractivity contribution in [2.24, 2.45) is 5.92 Å². The third-order valence-electron chi connectivity index (χ3n) is 4.92. The molecule has 6 nitrogen and oxygen atoms in total. The second kappa shape index (κ2) is 8.16. The van der Waals surface area contributed by atoms with Crippen LogP contribution in [-0.4, -0.2) is 34.8 Å². The minimum absolute atomic E-state index is 0.00435. The van der Waals surface area contributed by atoms with Crippen LogP contribution in [0.25, 0.3) is 0 Å². The van der Waals surface area contributed by atoms with Crippen LogP contribution in [0, 0.1) is 5.92 Å². The zero-order valence-corrected chi connectivity index (χ0v) is 17.3. The number of nitrogens with one attached hydrogen (secondary N) is 2. The lowest BCUT2D eigenvalue weighted by atomic mass is 10.1. The Morgan fingerprint density at radius 1 is 1.27 bits per heavy atom. The Hall–Kier alpha value is -2.17. The van der Waals surface area contributed by atoms with Crippen LogP contribution >= 0.6 is 22.9 Å². The number of carbonyl (C=O) groups is 2. The third-order valence-corrected chi connectivity index (χ3v) is 6.25. The van der Waals surface area contributed by atoms with E-state index < -0.39 is 17.6 Å². The third kappa shape index (κ3) is 4.93. The number of fused-ring (bicyclic) bond motifs is 1. The second-order valence-electron chi connectivity index (χ2n) is 7.35. The van der Waals surface area contributed by atoms with Gasteiger partial charge in [0.15, 0.2) is 5.13 Å². The Morgan fingerprint density at radius 3 is 2.73 bits per heavy atom. The molecule has 160 valence electrons. The predicted octanol–water partition coefficient (Wildman–Crippen LogP) is 4.16. The van der Waals surface area contributed by atoms with Crippen LogP contribution in [-0.2, 0) is 28.7 Å². The minimum Gasteiger partial charge on any atom is -0.324 e. The van der Waals surface area contributed by atoms with E-state index >= 15 is 0 Å². The molecule has 0 unspecified atom stereocenters. The summed E-state index contributed by atoms with van der Waals surface area (Å²) in [5.74, 6) is -0.365. The van der Waals surface area contributed by atoms with Gasteiger partial charge in [-0.1, -0.05) is 11.6 Å². The van der Waals surface area contributed by atoms with Crippen molar-refractivity contribution < 1.29 is 22.8 Å². The fourth-order valence-electron chi connectivity index (χ4n) is 3.18. The lowest BCUT2D eigenvalue weighted by molar-refractivity contribution is -0.137. The Bertz CT molecular complexity index is 991.